The first-order chi connectivity index (χ1) is 9.72. The van der Waals surface area contributed by atoms with E-state index in [9.17, 15) is 0 Å². The predicted octanol–water partition coefficient (Wildman–Crippen LogP) is 1.85. The van der Waals surface area contributed by atoms with Gasteiger partial charge in [0.2, 0.25) is 5.89 Å². The van der Waals surface area contributed by atoms with E-state index in [4.69, 9.17) is 8.94 Å². The minimum Gasteiger partial charge on any atom is -0.468 e. The predicted molar refractivity (Wildman–Crippen MR) is 73.0 cm³/mol. The van der Waals surface area contributed by atoms with Crippen molar-refractivity contribution in [3.05, 3.63) is 35.9 Å². The van der Waals surface area contributed by atoms with Gasteiger partial charge < -0.3 is 8.94 Å². The number of furan rings is 1. The maximum atomic E-state index is 5.39. The van der Waals surface area contributed by atoms with E-state index in [1.165, 1.54) is 0 Å². The number of piperazine rings is 1. The van der Waals surface area contributed by atoms with Gasteiger partial charge in [0, 0.05) is 26.2 Å². The second-order valence-corrected chi connectivity index (χ2v) is 5.25. The number of hydrogen-bond donors (Lipinski definition) is 0. The van der Waals surface area contributed by atoms with Crippen molar-refractivity contribution in [3.63, 3.8) is 0 Å². The summed E-state index contributed by atoms with van der Waals surface area (Å²) < 4.78 is 10.7. The first-order valence-electron chi connectivity index (χ1n) is 7.01. The van der Waals surface area contributed by atoms with Gasteiger partial charge in [-0.3, -0.25) is 9.80 Å². The molecule has 6 nitrogen and oxygen atoms in total. The first-order valence-corrected chi connectivity index (χ1v) is 7.01. The third-order valence-corrected chi connectivity index (χ3v) is 3.81. The van der Waals surface area contributed by atoms with E-state index in [2.05, 4.69) is 26.9 Å². The van der Waals surface area contributed by atoms with Crippen molar-refractivity contribution in [2.24, 2.45) is 0 Å². The van der Waals surface area contributed by atoms with Gasteiger partial charge >= 0.3 is 0 Å². The minimum absolute atomic E-state index is 0.182. The fourth-order valence-corrected chi connectivity index (χ4v) is 2.57. The lowest BCUT2D eigenvalue weighted by Crippen LogP contribution is -2.46. The minimum atomic E-state index is 0.182. The van der Waals surface area contributed by atoms with Crippen LogP contribution >= 0.6 is 0 Å². The SMILES string of the molecule is Cc1noc(C(C)N2CCN(Cc3ccco3)CC2)n1. The van der Waals surface area contributed by atoms with E-state index in [0.29, 0.717) is 11.7 Å². The van der Waals surface area contributed by atoms with Crippen LogP contribution in [0.4, 0.5) is 0 Å². The molecule has 0 N–H and O–H groups in total. The highest BCUT2D eigenvalue weighted by atomic mass is 16.5. The Bertz CT molecular complexity index is 529. The first kappa shape index (κ1) is 13.3. The van der Waals surface area contributed by atoms with Crippen LogP contribution < -0.4 is 0 Å². The molecule has 1 aliphatic rings. The number of rotatable bonds is 4. The lowest BCUT2D eigenvalue weighted by molar-refractivity contribution is 0.0808. The Hall–Kier alpha value is -1.66. The van der Waals surface area contributed by atoms with Crippen molar-refractivity contribution in [1.29, 1.82) is 0 Å². The summed E-state index contributed by atoms with van der Waals surface area (Å²) in [6.07, 6.45) is 1.73. The molecular formula is C14H20N4O2. The van der Waals surface area contributed by atoms with Gasteiger partial charge in [-0.25, -0.2) is 0 Å². The Morgan fingerprint density at radius 1 is 1.30 bits per heavy atom. The van der Waals surface area contributed by atoms with Crippen LogP contribution in [0.3, 0.4) is 0 Å². The lowest BCUT2D eigenvalue weighted by atomic mass is 10.2. The van der Waals surface area contributed by atoms with Gasteiger partial charge in [-0.1, -0.05) is 5.16 Å². The highest BCUT2D eigenvalue weighted by Crippen LogP contribution is 2.20. The fraction of sp³-hybridized carbons (Fsp3) is 0.571. The molecule has 6 heteroatoms. The molecule has 3 heterocycles. The van der Waals surface area contributed by atoms with Crippen molar-refractivity contribution in [3.8, 4) is 0 Å². The third-order valence-electron chi connectivity index (χ3n) is 3.81. The molecule has 20 heavy (non-hydrogen) atoms. The molecular weight excluding hydrogens is 256 g/mol. The van der Waals surface area contributed by atoms with Crippen LogP contribution in [-0.2, 0) is 6.54 Å². The molecule has 1 aliphatic heterocycles. The van der Waals surface area contributed by atoms with Crippen LogP contribution in [0.1, 0.15) is 30.4 Å². The van der Waals surface area contributed by atoms with E-state index in [1.807, 2.05) is 19.1 Å². The molecule has 3 rings (SSSR count). The quantitative estimate of drug-likeness (QED) is 0.849. The van der Waals surface area contributed by atoms with Crippen molar-refractivity contribution in [2.45, 2.75) is 26.4 Å². The average molecular weight is 276 g/mol. The Kier molecular flexibility index (Phi) is 3.84. The molecule has 2 aromatic rings. The molecule has 1 unspecified atom stereocenters. The zero-order chi connectivity index (χ0) is 13.9. The largest absolute Gasteiger partial charge is 0.468 e. The summed E-state index contributed by atoms with van der Waals surface area (Å²) in [6, 6.07) is 4.14. The van der Waals surface area contributed by atoms with Crippen molar-refractivity contribution in [1.82, 2.24) is 19.9 Å². The van der Waals surface area contributed by atoms with Crippen LogP contribution in [0.15, 0.2) is 27.3 Å². The summed E-state index contributed by atoms with van der Waals surface area (Å²) in [5, 5.41) is 3.86. The van der Waals surface area contributed by atoms with Crippen LogP contribution in [0.5, 0.6) is 0 Å². The van der Waals surface area contributed by atoms with Gasteiger partial charge in [-0.2, -0.15) is 4.98 Å². The molecule has 0 aliphatic carbocycles. The van der Waals surface area contributed by atoms with E-state index >= 15 is 0 Å². The molecule has 1 fully saturated rings. The maximum Gasteiger partial charge on any atom is 0.243 e. The molecule has 0 bridgehead atoms. The van der Waals surface area contributed by atoms with Crippen LogP contribution in [-0.4, -0.2) is 46.1 Å². The highest BCUT2D eigenvalue weighted by Gasteiger charge is 2.25. The van der Waals surface area contributed by atoms with Crippen LogP contribution in [0.2, 0.25) is 0 Å². The molecule has 2 aromatic heterocycles. The molecule has 1 saturated heterocycles. The summed E-state index contributed by atoms with van der Waals surface area (Å²) in [6.45, 7) is 8.91. The second-order valence-electron chi connectivity index (χ2n) is 5.25. The Balaban J connectivity index is 1.53. The van der Waals surface area contributed by atoms with Crippen LogP contribution in [0.25, 0.3) is 0 Å². The lowest BCUT2D eigenvalue weighted by Gasteiger charge is -2.36. The van der Waals surface area contributed by atoms with Gasteiger partial charge in [0.15, 0.2) is 5.82 Å². The number of aryl methyl sites for hydroxylation is 1. The Morgan fingerprint density at radius 3 is 2.70 bits per heavy atom. The topological polar surface area (TPSA) is 58.5 Å². The maximum absolute atomic E-state index is 5.39. The summed E-state index contributed by atoms with van der Waals surface area (Å²) in [4.78, 5) is 9.10. The molecule has 1 atom stereocenters. The van der Waals surface area contributed by atoms with Gasteiger partial charge in [0.1, 0.15) is 5.76 Å². The highest BCUT2D eigenvalue weighted by molar-refractivity contribution is 4.98. The number of hydrogen-bond acceptors (Lipinski definition) is 6. The molecule has 0 spiro atoms. The summed E-state index contributed by atoms with van der Waals surface area (Å²) in [7, 11) is 0. The fourth-order valence-electron chi connectivity index (χ4n) is 2.57. The average Bonchev–Trinajstić information content (AvgIpc) is 3.10. The Morgan fingerprint density at radius 2 is 2.10 bits per heavy atom. The number of nitrogens with zero attached hydrogens (tertiary/aromatic N) is 4. The molecule has 108 valence electrons. The van der Waals surface area contributed by atoms with E-state index < -0.39 is 0 Å². The summed E-state index contributed by atoms with van der Waals surface area (Å²) in [5.74, 6) is 2.43. The summed E-state index contributed by atoms with van der Waals surface area (Å²) >= 11 is 0. The van der Waals surface area contributed by atoms with Crippen LogP contribution in [0, 0.1) is 6.92 Å². The smallest absolute Gasteiger partial charge is 0.243 e. The van der Waals surface area contributed by atoms with Crippen molar-refractivity contribution < 1.29 is 8.94 Å². The number of aromatic nitrogens is 2. The zero-order valence-corrected chi connectivity index (χ0v) is 12.0. The van der Waals surface area contributed by atoms with Gasteiger partial charge in [0.25, 0.3) is 0 Å². The van der Waals surface area contributed by atoms with Crippen molar-refractivity contribution in [2.75, 3.05) is 26.2 Å². The molecule has 0 amide bonds. The van der Waals surface area contributed by atoms with E-state index in [-0.39, 0.29) is 6.04 Å². The Labute approximate surface area is 118 Å². The van der Waals surface area contributed by atoms with Gasteiger partial charge in [-0.05, 0) is 26.0 Å². The van der Waals surface area contributed by atoms with E-state index in [0.717, 1.165) is 38.5 Å². The zero-order valence-electron chi connectivity index (χ0n) is 12.0. The van der Waals surface area contributed by atoms with Gasteiger partial charge in [-0.15, -0.1) is 0 Å². The van der Waals surface area contributed by atoms with Gasteiger partial charge in [0.05, 0.1) is 18.8 Å². The van der Waals surface area contributed by atoms with E-state index in [1.54, 1.807) is 6.26 Å². The summed E-state index contributed by atoms with van der Waals surface area (Å²) in [5.41, 5.74) is 0. The standard InChI is InChI=1S/C14H20N4O2/c1-11(14-15-12(2)16-20-14)18-7-5-17(6-8-18)10-13-4-3-9-19-13/h3-4,9,11H,5-8,10H2,1-2H3. The van der Waals surface area contributed by atoms with Crippen molar-refractivity contribution >= 4 is 0 Å². The second kappa shape index (κ2) is 5.76. The normalized spacial score (nSPS) is 19.3. The molecule has 0 aromatic carbocycles. The molecule has 0 saturated carbocycles. The third kappa shape index (κ3) is 2.91. The molecule has 0 radical (unpaired) electrons. The monoisotopic (exact) mass is 276 g/mol.